The number of nitrogens with one attached hydrogen (secondary N) is 3. The fourth-order valence-electron chi connectivity index (χ4n) is 2.12. The average molecular weight is 373 g/mol. The lowest BCUT2D eigenvalue weighted by atomic mass is 10.1. The van der Waals surface area contributed by atoms with Gasteiger partial charge >= 0.3 is 0 Å². The minimum Gasteiger partial charge on any atom is -0.356 e. The molecule has 0 saturated carbocycles. The lowest BCUT2D eigenvalue weighted by molar-refractivity contribution is -0.121. The smallest absolute Gasteiger partial charge is 0.221 e. The molecule has 0 aliphatic heterocycles. The number of benzene rings is 1. The molecule has 5 nitrogen and oxygen atoms in total. The average Bonchev–Trinajstić information content (AvgIpc) is 2.50. The molecule has 1 amide bonds. The number of nitrogens with zero attached hydrogens (tertiary/aromatic N) is 1. The van der Waals surface area contributed by atoms with Crippen molar-refractivity contribution >= 4 is 35.1 Å². The van der Waals surface area contributed by atoms with Crippen molar-refractivity contribution in [1.82, 2.24) is 16.0 Å². The van der Waals surface area contributed by atoms with Gasteiger partial charge in [0.1, 0.15) is 0 Å². The Morgan fingerprint density at radius 2 is 1.92 bits per heavy atom. The molecule has 0 aromatic heterocycles. The monoisotopic (exact) mass is 372 g/mol. The number of guanidine groups is 1. The molecule has 134 valence electrons. The van der Waals surface area contributed by atoms with Crippen LogP contribution >= 0.6 is 23.2 Å². The summed E-state index contributed by atoms with van der Waals surface area (Å²) in [5, 5.41) is 10.5. The number of carbonyl (C=O) groups excluding carboxylic acids is 1. The zero-order valence-corrected chi connectivity index (χ0v) is 16.0. The SMILES string of the molecule is CN=C(NCCCc1ccc(Cl)cc1Cl)NCCC(=O)NC(C)C. The molecule has 0 fully saturated rings. The maximum Gasteiger partial charge on any atom is 0.221 e. The van der Waals surface area contributed by atoms with E-state index in [-0.39, 0.29) is 11.9 Å². The van der Waals surface area contributed by atoms with Crippen molar-refractivity contribution in [1.29, 1.82) is 0 Å². The van der Waals surface area contributed by atoms with Crippen molar-refractivity contribution in [2.45, 2.75) is 39.2 Å². The highest BCUT2D eigenvalue weighted by Gasteiger charge is 2.04. The van der Waals surface area contributed by atoms with Crippen molar-refractivity contribution < 1.29 is 4.79 Å². The van der Waals surface area contributed by atoms with Gasteiger partial charge in [-0.15, -0.1) is 0 Å². The normalized spacial score (nSPS) is 11.5. The molecular weight excluding hydrogens is 347 g/mol. The number of carbonyl (C=O) groups is 1. The third-order valence-corrected chi connectivity index (χ3v) is 3.84. The minimum absolute atomic E-state index is 0.0327. The highest BCUT2D eigenvalue weighted by molar-refractivity contribution is 6.35. The van der Waals surface area contributed by atoms with E-state index >= 15 is 0 Å². The summed E-state index contributed by atoms with van der Waals surface area (Å²) in [5.41, 5.74) is 1.08. The molecule has 7 heteroatoms. The predicted octanol–water partition coefficient (Wildman–Crippen LogP) is 3.01. The Labute approximate surface area is 154 Å². The van der Waals surface area contributed by atoms with Gasteiger partial charge in [-0.3, -0.25) is 9.79 Å². The summed E-state index contributed by atoms with van der Waals surface area (Å²) in [4.78, 5) is 15.7. The quantitative estimate of drug-likeness (QED) is 0.373. The standard InChI is InChI=1S/C17H26Cl2N4O/c1-12(2)23-16(24)8-10-22-17(20-3)21-9-4-5-13-6-7-14(18)11-15(13)19/h6-7,11-12H,4-5,8-10H2,1-3H3,(H,23,24)(H2,20,21,22). The molecule has 0 saturated heterocycles. The maximum atomic E-state index is 11.6. The van der Waals surface area contributed by atoms with E-state index in [1.807, 2.05) is 26.0 Å². The molecule has 0 bridgehead atoms. The topological polar surface area (TPSA) is 65.5 Å². The molecular formula is C17H26Cl2N4O. The molecule has 24 heavy (non-hydrogen) atoms. The highest BCUT2D eigenvalue weighted by Crippen LogP contribution is 2.21. The van der Waals surface area contributed by atoms with Crippen LogP contribution in [0.4, 0.5) is 0 Å². The van der Waals surface area contributed by atoms with E-state index < -0.39 is 0 Å². The molecule has 1 aromatic carbocycles. The number of halogens is 2. The fourth-order valence-corrected chi connectivity index (χ4v) is 2.62. The predicted molar refractivity (Wildman–Crippen MR) is 102 cm³/mol. The lowest BCUT2D eigenvalue weighted by Crippen LogP contribution is -2.40. The van der Waals surface area contributed by atoms with Gasteiger partial charge in [0, 0.05) is 42.6 Å². The first-order valence-electron chi connectivity index (χ1n) is 8.10. The second-order valence-corrected chi connectivity index (χ2v) is 6.58. The Morgan fingerprint density at radius 3 is 2.54 bits per heavy atom. The number of hydrogen-bond acceptors (Lipinski definition) is 2. The van der Waals surface area contributed by atoms with E-state index in [2.05, 4.69) is 20.9 Å². The van der Waals surface area contributed by atoms with Crippen molar-refractivity contribution in [3.63, 3.8) is 0 Å². The molecule has 0 atom stereocenters. The molecule has 0 unspecified atom stereocenters. The Balaban J connectivity index is 2.23. The first-order chi connectivity index (χ1) is 11.4. The van der Waals surface area contributed by atoms with Gasteiger partial charge in [0.05, 0.1) is 0 Å². The largest absolute Gasteiger partial charge is 0.356 e. The van der Waals surface area contributed by atoms with E-state index in [1.54, 1.807) is 13.1 Å². The molecule has 1 aromatic rings. The van der Waals surface area contributed by atoms with Gasteiger partial charge in [0.25, 0.3) is 0 Å². The highest BCUT2D eigenvalue weighted by atomic mass is 35.5. The second kappa shape index (κ2) is 11.2. The van der Waals surface area contributed by atoms with Crippen LogP contribution in [0.15, 0.2) is 23.2 Å². The summed E-state index contributed by atoms with van der Waals surface area (Å²) in [6, 6.07) is 5.72. The number of aliphatic imine (C=N–C) groups is 1. The Morgan fingerprint density at radius 1 is 1.21 bits per heavy atom. The second-order valence-electron chi connectivity index (χ2n) is 5.74. The van der Waals surface area contributed by atoms with Gasteiger partial charge in [-0.05, 0) is 44.4 Å². The first kappa shape index (κ1) is 20.6. The maximum absolute atomic E-state index is 11.6. The van der Waals surface area contributed by atoms with E-state index in [9.17, 15) is 4.79 Å². The number of aryl methyl sites for hydroxylation is 1. The van der Waals surface area contributed by atoms with Crippen molar-refractivity contribution in [3.05, 3.63) is 33.8 Å². The molecule has 0 spiro atoms. The molecule has 0 radical (unpaired) electrons. The molecule has 0 heterocycles. The van der Waals surface area contributed by atoms with Crippen molar-refractivity contribution in [2.24, 2.45) is 4.99 Å². The van der Waals surface area contributed by atoms with Gasteiger partial charge in [-0.25, -0.2) is 0 Å². The molecule has 1 rings (SSSR count). The third kappa shape index (κ3) is 8.41. The van der Waals surface area contributed by atoms with Gasteiger partial charge in [-0.2, -0.15) is 0 Å². The fraction of sp³-hybridized carbons (Fsp3) is 0.529. The number of amides is 1. The van der Waals surface area contributed by atoms with Gasteiger partial charge in [0.15, 0.2) is 5.96 Å². The van der Waals surface area contributed by atoms with Gasteiger partial charge in [-0.1, -0.05) is 29.3 Å². The first-order valence-corrected chi connectivity index (χ1v) is 8.85. The van der Waals surface area contributed by atoms with E-state index in [0.29, 0.717) is 29.0 Å². The van der Waals surface area contributed by atoms with E-state index in [0.717, 1.165) is 24.9 Å². The molecule has 0 aliphatic carbocycles. The third-order valence-electron chi connectivity index (χ3n) is 3.25. The van der Waals surface area contributed by atoms with Gasteiger partial charge in [0.2, 0.25) is 5.91 Å². The Kier molecular flexibility index (Phi) is 9.57. The van der Waals surface area contributed by atoms with E-state index in [1.165, 1.54) is 0 Å². The van der Waals surface area contributed by atoms with Crippen LogP contribution in [0, 0.1) is 0 Å². The zero-order valence-electron chi connectivity index (χ0n) is 14.5. The Bertz CT molecular complexity index is 562. The summed E-state index contributed by atoms with van der Waals surface area (Å²) in [6.45, 7) is 5.19. The molecule has 3 N–H and O–H groups in total. The summed E-state index contributed by atoms with van der Waals surface area (Å²) < 4.78 is 0. The van der Waals surface area contributed by atoms with Crippen molar-refractivity contribution in [3.8, 4) is 0 Å². The van der Waals surface area contributed by atoms with Crippen molar-refractivity contribution in [2.75, 3.05) is 20.1 Å². The number of hydrogen-bond donors (Lipinski definition) is 3. The van der Waals surface area contributed by atoms with Crippen LogP contribution in [-0.4, -0.2) is 38.0 Å². The van der Waals surface area contributed by atoms with Crippen LogP contribution in [0.3, 0.4) is 0 Å². The summed E-state index contributed by atoms with van der Waals surface area (Å²) in [6.07, 6.45) is 2.19. The summed E-state index contributed by atoms with van der Waals surface area (Å²) >= 11 is 12.0. The van der Waals surface area contributed by atoms with E-state index in [4.69, 9.17) is 23.2 Å². The minimum atomic E-state index is 0.0327. The Hall–Kier alpha value is -1.46. The zero-order chi connectivity index (χ0) is 17.9. The van der Waals surface area contributed by atoms with Crippen LogP contribution in [-0.2, 0) is 11.2 Å². The van der Waals surface area contributed by atoms with Crippen LogP contribution in [0.2, 0.25) is 10.0 Å². The van der Waals surface area contributed by atoms with Crippen LogP contribution < -0.4 is 16.0 Å². The van der Waals surface area contributed by atoms with Gasteiger partial charge < -0.3 is 16.0 Å². The van der Waals surface area contributed by atoms with Crippen LogP contribution in [0.5, 0.6) is 0 Å². The lowest BCUT2D eigenvalue weighted by Gasteiger charge is -2.13. The van der Waals surface area contributed by atoms with Crippen LogP contribution in [0.1, 0.15) is 32.3 Å². The summed E-state index contributed by atoms with van der Waals surface area (Å²) in [5.74, 6) is 0.722. The number of rotatable bonds is 8. The van der Waals surface area contributed by atoms with Crippen LogP contribution in [0.25, 0.3) is 0 Å². The summed E-state index contributed by atoms with van der Waals surface area (Å²) in [7, 11) is 1.71. The molecule has 0 aliphatic rings.